The summed E-state index contributed by atoms with van der Waals surface area (Å²) in [5.74, 6) is 0.641. The van der Waals surface area contributed by atoms with E-state index in [2.05, 4.69) is 4.72 Å². The van der Waals surface area contributed by atoms with E-state index in [-0.39, 0.29) is 30.9 Å². The van der Waals surface area contributed by atoms with Crippen LogP contribution in [-0.4, -0.2) is 53.0 Å². The molecule has 1 heterocycles. The minimum atomic E-state index is -3.29. The average Bonchev–Trinajstić information content (AvgIpc) is 2.54. The summed E-state index contributed by atoms with van der Waals surface area (Å²) in [5, 5.41) is 0. The zero-order chi connectivity index (χ0) is 16.9. The monoisotopic (exact) mass is 342 g/mol. The van der Waals surface area contributed by atoms with Gasteiger partial charge in [-0.3, -0.25) is 4.79 Å². The zero-order valence-corrected chi connectivity index (χ0v) is 14.1. The second-order valence-electron chi connectivity index (χ2n) is 5.30. The molecule has 0 saturated carbocycles. The van der Waals surface area contributed by atoms with Gasteiger partial charge in [0.05, 0.1) is 25.5 Å². The Morgan fingerprint density at radius 1 is 1.35 bits per heavy atom. The summed E-state index contributed by atoms with van der Waals surface area (Å²) in [5.41, 5.74) is 0.737. The summed E-state index contributed by atoms with van der Waals surface area (Å²) in [7, 11) is -1.71. The van der Waals surface area contributed by atoms with Crippen molar-refractivity contribution in [3.05, 3.63) is 24.3 Å². The number of hydrogen-bond acceptors (Lipinski definition) is 5. The molecule has 1 aliphatic heterocycles. The van der Waals surface area contributed by atoms with E-state index in [1.165, 1.54) is 0 Å². The number of methoxy groups -OCH3 is 1. The number of morpholine rings is 1. The van der Waals surface area contributed by atoms with Crippen molar-refractivity contribution >= 4 is 21.6 Å². The van der Waals surface area contributed by atoms with Crippen LogP contribution in [0, 0.1) is 0 Å². The van der Waals surface area contributed by atoms with Crippen LogP contribution in [0.15, 0.2) is 24.3 Å². The van der Waals surface area contributed by atoms with E-state index >= 15 is 0 Å². The van der Waals surface area contributed by atoms with Crippen LogP contribution >= 0.6 is 0 Å². The van der Waals surface area contributed by atoms with E-state index in [1.807, 2.05) is 0 Å². The standard InChI is InChI=1S/C15H22N2O5S/c1-3-8-23(19,20)16-9-14-10-17(15(18)11-22-14)12-4-6-13(21-2)7-5-12/h4-7,14,16H,3,8-11H2,1-2H3. The van der Waals surface area contributed by atoms with Crippen LogP contribution in [0.5, 0.6) is 5.75 Å². The molecule has 1 fully saturated rings. The fourth-order valence-electron chi connectivity index (χ4n) is 2.32. The van der Waals surface area contributed by atoms with Gasteiger partial charge in [-0.15, -0.1) is 0 Å². The molecule has 1 atom stereocenters. The van der Waals surface area contributed by atoms with Crippen LogP contribution in [-0.2, 0) is 19.6 Å². The topological polar surface area (TPSA) is 84.9 Å². The third-order valence-corrected chi connectivity index (χ3v) is 5.07. The third-order valence-electron chi connectivity index (χ3n) is 3.52. The Kier molecular flexibility index (Phi) is 5.97. The van der Waals surface area contributed by atoms with E-state index in [0.29, 0.717) is 18.7 Å². The van der Waals surface area contributed by atoms with Crippen LogP contribution in [0.2, 0.25) is 0 Å². The quantitative estimate of drug-likeness (QED) is 0.791. The number of hydrogen-bond donors (Lipinski definition) is 1. The molecule has 2 rings (SSSR count). The van der Waals surface area contributed by atoms with Crippen molar-refractivity contribution in [1.82, 2.24) is 4.72 Å². The lowest BCUT2D eigenvalue weighted by Crippen LogP contribution is -2.50. The van der Waals surface area contributed by atoms with Gasteiger partial charge in [-0.2, -0.15) is 0 Å². The van der Waals surface area contributed by atoms with Gasteiger partial charge in [-0.25, -0.2) is 13.1 Å². The molecule has 128 valence electrons. The predicted octanol–water partition coefficient (Wildman–Crippen LogP) is 0.756. The highest BCUT2D eigenvalue weighted by Gasteiger charge is 2.28. The molecule has 0 bridgehead atoms. The summed E-state index contributed by atoms with van der Waals surface area (Å²) < 4.78 is 36.4. The van der Waals surface area contributed by atoms with E-state index in [4.69, 9.17) is 9.47 Å². The number of sulfonamides is 1. The van der Waals surface area contributed by atoms with Gasteiger partial charge in [0.25, 0.3) is 5.91 Å². The molecule has 1 aromatic carbocycles. The average molecular weight is 342 g/mol. The fraction of sp³-hybridized carbons (Fsp3) is 0.533. The Balaban J connectivity index is 1.99. The van der Waals surface area contributed by atoms with Gasteiger partial charge in [0.15, 0.2) is 0 Å². The second kappa shape index (κ2) is 7.76. The zero-order valence-electron chi connectivity index (χ0n) is 13.3. The Labute approximate surface area is 136 Å². The number of carbonyl (C=O) groups excluding carboxylic acids is 1. The van der Waals surface area contributed by atoms with Gasteiger partial charge in [0.2, 0.25) is 10.0 Å². The molecule has 1 unspecified atom stereocenters. The Morgan fingerprint density at radius 3 is 2.65 bits per heavy atom. The van der Waals surface area contributed by atoms with Crippen molar-refractivity contribution in [2.24, 2.45) is 0 Å². The van der Waals surface area contributed by atoms with Crippen LogP contribution < -0.4 is 14.4 Å². The molecule has 1 N–H and O–H groups in total. The highest BCUT2D eigenvalue weighted by Crippen LogP contribution is 2.21. The number of benzene rings is 1. The molecular weight excluding hydrogens is 320 g/mol. The number of nitrogens with one attached hydrogen (secondary N) is 1. The highest BCUT2D eigenvalue weighted by molar-refractivity contribution is 7.89. The highest BCUT2D eigenvalue weighted by atomic mass is 32.2. The number of nitrogens with zero attached hydrogens (tertiary/aromatic N) is 1. The summed E-state index contributed by atoms with van der Waals surface area (Å²) in [4.78, 5) is 13.6. The Hall–Kier alpha value is -1.64. The second-order valence-corrected chi connectivity index (χ2v) is 7.23. The molecule has 1 amide bonds. The minimum absolute atomic E-state index is 0.0633. The van der Waals surface area contributed by atoms with Crippen molar-refractivity contribution in [3.8, 4) is 5.75 Å². The Bertz CT molecular complexity index is 630. The number of ether oxygens (including phenoxy) is 2. The molecule has 0 aromatic heterocycles. The van der Waals surface area contributed by atoms with Crippen molar-refractivity contribution in [1.29, 1.82) is 0 Å². The first kappa shape index (κ1) is 17.7. The van der Waals surface area contributed by atoms with E-state index in [1.54, 1.807) is 43.2 Å². The number of anilines is 1. The predicted molar refractivity (Wildman–Crippen MR) is 87.2 cm³/mol. The molecule has 0 radical (unpaired) electrons. The van der Waals surface area contributed by atoms with Crippen molar-refractivity contribution < 1.29 is 22.7 Å². The summed E-state index contributed by atoms with van der Waals surface area (Å²) in [6, 6.07) is 7.13. The van der Waals surface area contributed by atoms with Crippen molar-refractivity contribution in [3.63, 3.8) is 0 Å². The van der Waals surface area contributed by atoms with Crippen LogP contribution in [0.3, 0.4) is 0 Å². The van der Waals surface area contributed by atoms with Gasteiger partial charge in [0.1, 0.15) is 12.4 Å². The van der Waals surface area contributed by atoms with E-state index in [0.717, 1.165) is 5.69 Å². The molecule has 23 heavy (non-hydrogen) atoms. The lowest BCUT2D eigenvalue weighted by molar-refractivity contribution is -0.129. The lowest BCUT2D eigenvalue weighted by Gasteiger charge is -2.32. The number of carbonyl (C=O) groups is 1. The third kappa shape index (κ3) is 4.92. The minimum Gasteiger partial charge on any atom is -0.497 e. The fourth-order valence-corrected chi connectivity index (χ4v) is 3.44. The van der Waals surface area contributed by atoms with Gasteiger partial charge < -0.3 is 14.4 Å². The van der Waals surface area contributed by atoms with Gasteiger partial charge >= 0.3 is 0 Å². The maximum Gasteiger partial charge on any atom is 0.253 e. The molecule has 1 saturated heterocycles. The Morgan fingerprint density at radius 2 is 2.04 bits per heavy atom. The molecule has 1 aromatic rings. The number of rotatable bonds is 7. The van der Waals surface area contributed by atoms with Gasteiger partial charge in [-0.05, 0) is 30.7 Å². The normalized spacial score (nSPS) is 19.0. The summed E-state index contributed by atoms with van der Waals surface area (Å²) in [6.45, 7) is 2.20. The molecule has 0 spiro atoms. The first-order valence-electron chi connectivity index (χ1n) is 7.48. The maximum absolute atomic E-state index is 12.0. The molecule has 7 nitrogen and oxygen atoms in total. The molecular formula is C15H22N2O5S. The molecule has 1 aliphatic rings. The smallest absolute Gasteiger partial charge is 0.253 e. The lowest BCUT2D eigenvalue weighted by atomic mass is 10.2. The van der Waals surface area contributed by atoms with E-state index in [9.17, 15) is 13.2 Å². The van der Waals surface area contributed by atoms with Crippen LogP contribution in [0.1, 0.15) is 13.3 Å². The maximum atomic E-state index is 12.0. The van der Waals surface area contributed by atoms with Crippen LogP contribution in [0.25, 0.3) is 0 Å². The van der Waals surface area contributed by atoms with E-state index < -0.39 is 10.0 Å². The summed E-state index contributed by atoms with van der Waals surface area (Å²) in [6.07, 6.45) is 0.179. The SMILES string of the molecule is CCCS(=O)(=O)NCC1CN(c2ccc(OC)cc2)C(=O)CO1. The molecule has 8 heteroatoms. The largest absolute Gasteiger partial charge is 0.497 e. The van der Waals surface area contributed by atoms with Crippen LogP contribution in [0.4, 0.5) is 5.69 Å². The molecule has 0 aliphatic carbocycles. The summed E-state index contributed by atoms with van der Waals surface area (Å²) >= 11 is 0. The van der Waals surface area contributed by atoms with Crippen molar-refractivity contribution in [2.75, 3.05) is 37.5 Å². The van der Waals surface area contributed by atoms with Crippen molar-refractivity contribution in [2.45, 2.75) is 19.4 Å². The van der Waals surface area contributed by atoms with Gasteiger partial charge in [-0.1, -0.05) is 6.92 Å². The number of amides is 1. The van der Waals surface area contributed by atoms with Gasteiger partial charge in [0, 0.05) is 12.2 Å². The first-order valence-corrected chi connectivity index (χ1v) is 9.13. The first-order chi connectivity index (χ1) is 10.9.